The molecule has 0 radical (unpaired) electrons. The van der Waals surface area contributed by atoms with Crippen LogP contribution in [0.25, 0.3) is 0 Å². The predicted octanol–water partition coefficient (Wildman–Crippen LogP) is 1.29. The van der Waals surface area contributed by atoms with Crippen LogP contribution in [0, 0.1) is 17.2 Å². The van der Waals surface area contributed by atoms with Crippen molar-refractivity contribution >= 4 is 0 Å². The standard InChI is InChI=1S/C8H14N2/c1-7(2)8(3-4-8)10-6-5-9/h7,10H,3-4,6H2,1-2H3. The van der Waals surface area contributed by atoms with Crippen LogP contribution in [0.15, 0.2) is 0 Å². The Balaban J connectivity index is 2.32. The predicted molar refractivity (Wildman–Crippen MR) is 40.4 cm³/mol. The Bertz CT molecular complexity index is 151. The summed E-state index contributed by atoms with van der Waals surface area (Å²) in [5.41, 5.74) is 0.329. The monoisotopic (exact) mass is 138 g/mol. The highest BCUT2D eigenvalue weighted by molar-refractivity contribution is 5.05. The van der Waals surface area contributed by atoms with Crippen molar-refractivity contribution in [1.82, 2.24) is 5.32 Å². The molecular formula is C8H14N2. The lowest BCUT2D eigenvalue weighted by Crippen LogP contribution is -2.36. The van der Waals surface area contributed by atoms with Crippen molar-refractivity contribution in [3.8, 4) is 6.07 Å². The Labute approximate surface area is 62.2 Å². The fourth-order valence-electron chi connectivity index (χ4n) is 1.31. The van der Waals surface area contributed by atoms with E-state index < -0.39 is 0 Å². The first kappa shape index (κ1) is 7.56. The largest absolute Gasteiger partial charge is 0.299 e. The van der Waals surface area contributed by atoms with E-state index in [-0.39, 0.29) is 0 Å². The number of rotatable bonds is 3. The minimum Gasteiger partial charge on any atom is -0.299 e. The van der Waals surface area contributed by atoms with E-state index in [1.165, 1.54) is 12.8 Å². The van der Waals surface area contributed by atoms with E-state index >= 15 is 0 Å². The van der Waals surface area contributed by atoms with E-state index in [9.17, 15) is 0 Å². The van der Waals surface area contributed by atoms with Crippen molar-refractivity contribution in [3.05, 3.63) is 0 Å². The molecule has 10 heavy (non-hydrogen) atoms. The second-order valence-electron chi connectivity index (χ2n) is 3.32. The minimum absolute atomic E-state index is 0.329. The summed E-state index contributed by atoms with van der Waals surface area (Å²) in [7, 11) is 0. The van der Waals surface area contributed by atoms with Gasteiger partial charge in [-0.2, -0.15) is 5.26 Å². The molecule has 0 spiro atoms. The lowest BCUT2D eigenvalue weighted by atomic mass is 10.0. The molecule has 0 heterocycles. The fraction of sp³-hybridized carbons (Fsp3) is 0.875. The third-order valence-corrected chi connectivity index (χ3v) is 2.41. The van der Waals surface area contributed by atoms with Crippen LogP contribution in [-0.4, -0.2) is 12.1 Å². The highest BCUT2D eigenvalue weighted by Gasteiger charge is 2.44. The van der Waals surface area contributed by atoms with Crippen molar-refractivity contribution in [3.63, 3.8) is 0 Å². The molecule has 0 aliphatic heterocycles. The van der Waals surface area contributed by atoms with Gasteiger partial charge in [-0.15, -0.1) is 0 Å². The summed E-state index contributed by atoms with van der Waals surface area (Å²) in [5, 5.41) is 11.6. The van der Waals surface area contributed by atoms with E-state index in [1.54, 1.807) is 0 Å². The van der Waals surface area contributed by atoms with Gasteiger partial charge in [0, 0.05) is 5.54 Å². The van der Waals surface area contributed by atoms with Crippen LogP contribution < -0.4 is 5.32 Å². The van der Waals surface area contributed by atoms with Crippen LogP contribution in [0.3, 0.4) is 0 Å². The molecule has 1 aliphatic rings. The second-order valence-corrected chi connectivity index (χ2v) is 3.32. The number of nitriles is 1. The van der Waals surface area contributed by atoms with Crippen LogP contribution in [-0.2, 0) is 0 Å². The number of hydrogen-bond donors (Lipinski definition) is 1. The molecule has 0 atom stereocenters. The molecule has 0 aromatic heterocycles. The summed E-state index contributed by atoms with van der Waals surface area (Å²) in [6.45, 7) is 4.91. The Morgan fingerprint density at radius 3 is 2.50 bits per heavy atom. The van der Waals surface area contributed by atoms with Gasteiger partial charge in [-0.25, -0.2) is 0 Å². The Morgan fingerprint density at radius 2 is 2.20 bits per heavy atom. The van der Waals surface area contributed by atoms with E-state index in [4.69, 9.17) is 5.26 Å². The third-order valence-electron chi connectivity index (χ3n) is 2.41. The van der Waals surface area contributed by atoms with E-state index in [2.05, 4.69) is 25.2 Å². The smallest absolute Gasteiger partial charge is 0.0845 e. The van der Waals surface area contributed by atoms with Crippen molar-refractivity contribution in [2.45, 2.75) is 32.2 Å². The zero-order valence-corrected chi connectivity index (χ0v) is 6.65. The third kappa shape index (κ3) is 1.30. The van der Waals surface area contributed by atoms with Crippen LogP contribution in [0.2, 0.25) is 0 Å². The molecule has 1 aliphatic carbocycles. The SMILES string of the molecule is CC(C)C1(NCC#N)CC1. The molecule has 56 valence electrons. The lowest BCUT2D eigenvalue weighted by Gasteiger charge is -2.19. The molecule has 0 bridgehead atoms. The summed E-state index contributed by atoms with van der Waals surface area (Å²) in [6.07, 6.45) is 2.48. The van der Waals surface area contributed by atoms with Crippen molar-refractivity contribution in [1.29, 1.82) is 5.26 Å². The zero-order valence-electron chi connectivity index (χ0n) is 6.65. The Morgan fingerprint density at radius 1 is 1.60 bits per heavy atom. The maximum atomic E-state index is 8.33. The molecule has 0 unspecified atom stereocenters. The molecule has 0 saturated heterocycles. The quantitative estimate of drug-likeness (QED) is 0.596. The first-order chi connectivity index (χ1) is 4.71. The summed E-state index contributed by atoms with van der Waals surface area (Å²) in [6, 6.07) is 2.11. The van der Waals surface area contributed by atoms with Gasteiger partial charge >= 0.3 is 0 Å². The van der Waals surface area contributed by atoms with Gasteiger partial charge in [0.15, 0.2) is 0 Å². The number of hydrogen-bond acceptors (Lipinski definition) is 2. The van der Waals surface area contributed by atoms with Crippen LogP contribution >= 0.6 is 0 Å². The molecule has 2 heteroatoms. The van der Waals surface area contributed by atoms with Crippen molar-refractivity contribution in [2.24, 2.45) is 5.92 Å². The topological polar surface area (TPSA) is 35.8 Å². The maximum absolute atomic E-state index is 8.33. The van der Waals surface area contributed by atoms with Crippen molar-refractivity contribution < 1.29 is 0 Å². The Hall–Kier alpha value is -0.550. The Kier molecular flexibility index (Phi) is 1.96. The molecular weight excluding hydrogens is 124 g/mol. The van der Waals surface area contributed by atoms with Gasteiger partial charge in [0.2, 0.25) is 0 Å². The van der Waals surface area contributed by atoms with E-state index in [1.807, 2.05) is 0 Å². The summed E-state index contributed by atoms with van der Waals surface area (Å²) < 4.78 is 0. The maximum Gasteiger partial charge on any atom is 0.0845 e. The lowest BCUT2D eigenvalue weighted by molar-refractivity contribution is 0.396. The zero-order chi connectivity index (χ0) is 7.61. The normalized spacial score (nSPS) is 20.6. The molecule has 0 aromatic rings. The van der Waals surface area contributed by atoms with Gasteiger partial charge in [-0.3, -0.25) is 5.32 Å². The van der Waals surface area contributed by atoms with E-state index in [0.717, 1.165) is 0 Å². The molecule has 1 fully saturated rings. The summed E-state index contributed by atoms with van der Waals surface area (Å²) >= 11 is 0. The van der Waals surface area contributed by atoms with Gasteiger partial charge in [0.25, 0.3) is 0 Å². The van der Waals surface area contributed by atoms with Crippen LogP contribution in [0.4, 0.5) is 0 Å². The summed E-state index contributed by atoms with van der Waals surface area (Å²) in [4.78, 5) is 0. The molecule has 1 N–H and O–H groups in total. The highest BCUT2D eigenvalue weighted by atomic mass is 15.0. The van der Waals surface area contributed by atoms with E-state index in [0.29, 0.717) is 18.0 Å². The second kappa shape index (κ2) is 2.59. The van der Waals surface area contributed by atoms with Gasteiger partial charge < -0.3 is 0 Å². The van der Waals surface area contributed by atoms with Crippen molar-refractivity contribution in [2.75, 3.05) is 6.54 Å². The van der Waals surface area contributed by atoms with Crippen LogP contribution in [0.5, 0.6) is 0 Å². The molecule has 0 amide bonds. The van der Waals surface area contributed by atoms with Gasteiger partial charge in [0.1, 0.15) is 0 Å². The van der Waals surface area contributed by atoms with Gasteiger partial charge in [-0.05, 0) is 18.8 Å². The van der Waals surface area contributed by atoms with Gasteiger partial charge in [0.05, 0.1) is 12.6 Å². The fourth-order valence-corrected chi connectivity index (χ4v) is 1.31. The highest BCUT2D eigenvalue weighted by Crippen LogP contribution is 2.41. The average Bonchev–Trinajstić information content (AvgIpc) is 2.64. The average molecular weight is 138 g/mol. The molecule has 0 aromatic carbocycles. The minimum atomic E-state index is 0.329. The first-order valence-electron chi connectivity index (χ1n) is 3.83. The number of nitrogens with zero attached hydrogens (tertiary/aromatic N) is 1. The molecule has 1 rings (SSSR count). The van der Waals surface area contributed by atoms with Gasteiger partial charge in [-0.1, -0.05) is 13.8 Å². The summed E-state index contributed by atoms with van der Waals surface area (Å²) in [5.74, 6) is 0.667. The van der Waals surface area contributed by atoms with Crippen LogP contribution in [0.1, 0.15) is 26.7 Å². The first-order valence-corrected chi connectivity index (χ1v) is 3.83. The molecule has 2 nitrogen and oxygen atoms in total. The number of nitrogens with one attached hydrogen (secondary N) is 1. The molecule has 1 saturated carbocycles.